The van der Waals surface area contributed by atoms with Crippen molar-refractivity contribution < 1.29 is 14.6 Å². The van der Waals surface area contributed by atoms with E-state index in [1.807, 2.05) is 24.4 Å². The zero-order valence-corrected chi connectivity index (χ0v) is 12.6. The maximum absolute atomic E-state index is 11.4. The van der Waals surface area contributed by atoms with Crippen LogP contribution in [-0.4, -0.2) is 39.6 Å². The first-order valence-corrected chi connectivity index (χ1v) is 7.90. The van der Waals surface area contributed by atoms with E-state index in [2.05, 4.69) is 27.6 Å². The van der Waals surface area contributed by atoms with E-state index >= 15 is 0 Å². The van der Waals surface area contributed by atoms with Gasteiger partial charge in [-0.15, -0.1) is 0 Å². The molecule has 1 aromatic carbocycles. The predicted octanol–water partition coefficient (Wildman–Crippen LogP) is 1.13. The van der Waals surface area contributed by atoms with Crippen molar-refractivity contribution in [3.8, 4) is 0 Å². The van der Waals surface area contributed by atoms with Crippen LogP contribution in [0.5, 0.6) is 0 Å². The number of carboxylic acids is 1. The third-order valence-corrected chi connectivity index (χ3v) is 4.85. The van der Waals surface area contributed by atoms with Crippen molar-refractivity contribution in [2.75, 3.05) is 0 Å². The molecule has 23 heavy (non-hydrogen) atoms. The standard InChI is InChI=1S/C17H19N3O3/c21-17(22)16-19-14(6-10-4-2-1-3-5-10)12-7-11-9-18-20-13(11)8-15(12)23-16/h1-5,9,12,14-16,19H,6-8H2,(H,18,20)(H,21,22). The van der Waals surface area contributed by atoms with Crippen molar-refractivity contribution in [3.63, 3.8) is 0 Å². The van der Waals surface area contributed by atoms with Crippen LogP contribution >= 0.6 is 0 Å². The number of rotatable bonds is 3. The number of hydrogen-bond donors (Lipinski definition) is 3. The molecule has 0 radical (unpaired) electrons. The van der Waals surface area contributed by atoms with Crippen molar-refractivity contribution in [3.05, 3.63) is 53.3 Å². The smallest absolute Gasteiger partial charge is 0.348 e. The first-order valence-electron chi connectivity index (χ1n) is 7.90. The number of aromatic nitrogens is 2. The van der Waals surface area contributed by atoms with Gasteiger partial charge in [0.1, 0.15) is 0 Å². The Morgan fingerprint density at radius 1 is 1.30 bits per heavy atom. The molecule has 0 amide bonds. The number of hydrogen-bond acceptors (Lipinski definition) is 4. The van der Waals surface area contributed by atoms with Crippen LogP contribution in [0.15, 0.2) is 36.5 Å². The van der Waals surface area contributed by atoms with E-state index in [1.54, 1.807) is 0 Å². The average Bonchev–Trinajstić information content (AvgIpc) is 3.01. The van der Waals surface area contributed by atoms with Gasteiger partial charge < -0.3 is 9.84 Å². The first kappa shape index (κ1) is 14.4. The summed E-state index contributed by atoms with van der Waals surface area (Å²) in [6, 6.07) is 10.2. The van der Waals surface area contributed by atoms with Crippen molar-refractivity contribution in [2.45, 2.75) is 37.6 Å². The third kappa shape index (κ3) is 2.75. The number of carbonyl (C=O) groups is 1. The molecule has 120 valence electrons. The van der Waals surface area contributed by atoms with E-state index in [1.165, 1.54) is 11.1 Å². The molecular formula is C17H19N3O3. The molecule has 1 aromatic heterocycles. The van der Waals surface area contributed by atoms with Crippen LogP contribution in [-0.2, 0) is 28.8 Å². The maximum Gasteiger partial charge on any atom is 0.348 e. The lowest BCUT2D eigenvalue weighted by Gasteiger charge is -2.43. The summed E-state index contributed by atoms with van der Waals surface area (Å²) in [5.41, 5.74) is 3.41. The monoisotopic (exact) mass is 313 g/mol. The quantitative estimate of drug-likeness (QED) is 0.791. The van der Waals surface area contributed by atoms with Gasteiger partial charge in [-0.1, -0.05) is 30.3 Å². The molecular weight excluding hydrogens is 294 g/mol. The Kier molecular flexibility index (Phi) is 3.63. The van der Waals surface area contributed by atoms with Gasteiger partial charge in [-0.05, 0) is 24.0 Å². The second-order valence-corrected chi connectivity index (χ2v) is 6.28. The van der Waals surface area contributed by atoms with Gasteiger partial charge in [0.25, 0.3) is 0 Å². The van der Waals surface area contributed by atoms with E-state index in [0.29, 0.717) is 6.42 Å². The van der Waals surface area contributed by atoms with Crippen LogP contribution in [0.25, 0.3) is 0 Å². The summed E-state index contributed by atoms with van der Waals surface area (Å²) in [6.07, 6.45) is 3.19. The summed E-state index contributed by atoms with van der Waals surface area (Å²) in [5.74, 6) is -0.717. The van der Waals surface area contributed by atoms with Crippen LogP contribution in [0.4, 0.5) is 0 Å². The van der Waals surface area contributed by atoms with Crippen LogP contribution in [0.1, 0.15) is 16.8 Å². The van der Waals surface area contributed by atoms with Gasteiger partial charge in [-0.25, -0.2) is 4.79 Å². The van der Waals surface area contributed by atoms with Crippen LogP contribution in [0.3, 0.4) is 0 Å². The molecule has 4 rings (SSSR count). The summed E-state index contributed by atoms with van der Waals surface area (Å²) in [5, 5.41) is 19.7. The number of H-pyrrole nitrogens is 1. The Hall–Kier alpha value is -2.18. The minimum atomic E-state index is -0.964. The zero-order valence-electron chi connectivity index (χ0n) is 12.6. The van der Waals surface area contributed by atoms with Crippen LogP contribution < -0.4 is 5.32 Å². The molecule has 2 heterocycles. The molecule has 4 unspecified atom stereocenters. The lowest BCUT2D eigenvalue weighted by molar-refractivity contribution is -0.172. The Balaban J connectivity index is 1.61. The minimum Gasteiger partial charge on any atom is -0.478 e. The van der Waals surface area contributed by atoms with Crippen molar-refractivity contribution in [1.29, 1.82) is 0 Å². The zero-order chi connectivity index (χ0) is 15.8. The van der Waals surface area contributed by atoms with E-state index in [-0.39, 0.29) is 18.1 Å². The Morgan fingerprint density at radius 2 is 2.13 bits per heavy atom. The first-order chi connectivity index (χ1) is 11.2. The molecule has 1 aliphatic carbocycles. The van der Waals surface area contributed by atoms with Gasteiger partial charge in [0.05, 0.1) is 11.8 Å². The van der Waals surface area contributed by atoms with E-state index in [4.69, 9.17) is 4.74 Å². The largest absolute Gasteiger partial charge is 0.478 e. The van der Waals surface area contributed by atoms with E-state index in [0.717, 1.165) is 18.5 Å². The molecule has 1 fully saturated rings. The lowest BCUT2D eigenvalue weighted by Crippen LogP contribution is -2.60. The van der Waals surface area contributed by atoms with E-state index < -0.39 is 12.2 Å². The fourth-order valence-electron chi connectivity index (χ4n) is 3.71. The van der Waals surface area contributed by atoms with Crippen molar-refractivity contribution in [1.82, 2.24) is 15.5 Å². The molecule has 6 nitrogen and oxygen atoms in total. The number of fused-ring (bicyclic) bond motifs is 2. The minimum absolute atomic E-state index is 0.0697. The topological polar surface area (TPSA) is 87.2 Å². The number of nitrogens with one attached hydrogen (secondary N) is 2. The fraction of sp³-hybridized carbons (Fsp3) is 0.412. The normalized spacial score (nSPS) is 29.6. The summed E-state index contributed by atoms with van der Waals surface area (Å²) >= 11 is 0. The predicted molar refractivity (Wildman–Crippen MR) is 82.9 cm³/mol. The Bertz CT molecular complexity index is 700. The Morgan fingerprint density at radius 3 is 2.91 bits per heavy atom. The average molecular weight is 313 g/mol. The highest BCUT2D eigenvalue weighted by Crippen LogP contribution is 2.33. The number of aromatic amines is 1. The highest BCUT2D eigenvalue weighted by atomic mass is 16.5. The van der Waals surface area contributed by atoms with Gasteiger partial charge in [0.2, 0.25) is 6.23 Å². The molecule has 1 aliphatic heterocycles. The summed E-state index contributed by atoms with van der Waals surface area (Å²) in [7, 11) is 0. The molecule has 0 bridgehead atoms. The lowest BCUT2D eigenvalue weighted by atomic mass is 9.77. The third-order valence-electron chi connectivity index (χ3n) is 4.85. The number of ether oxygens (including phenoxy) is 1. The summed E-state index contributed by atoms with van der Waals surface area (Å²) in [6.45, 7) is 0. The molecule has 4 atom stereocenters. The molecule has 3 N–H and O–H groups in total. The number of carboxylic acid groups (broad SMARTS) is 1. The maximum atomic E-state index is 11.4. The highest BCUT2D eigenvalue weighted by Gasteiger charge is 2.43. The molecule has 0 spiro atoms. The SMILES string of the molecule is O=C(O)C1NC(Cc2ccccc2)C2Cc3c[nH]nc3CC2O1. The van der Waals surface area contributed by atoms with Gasteiger partial charge in [-0.3, -0.25) is 10.4 Å². The Labute approximate surface area is 133 Å². The molecule has 1 saturated heterocycles. The van der Waals surface area contributed by atoms with Gasteiger partial charge in [0, 0.05) is 24.6 Å². The number of nitrogens with zero attached hydrogens (tertiary/aromatic N) is 1. The van der Waals surface area contributed by atoms with Crippen LogP contribution in [0, 0.1) is 5.92 Å². The van der Waals surface area contributed by atoms with Crippen molar-refractivity contribution >= 4 is 5.97 Å². The summed E-state index contributed by atoms with van der Waals surface area (Å²) in [4.78, 5) is 11.4. The fourth-order valence-corrected chi connectivity index (χ4v) is 3.71. The molecule has 0 saturated carbocycles. The highest BCUT2D eigenvalue weighted by molar-refractivity contribution is 5.72. The van der Waals surface area contributed by atoms with Crippen molar-refractivity contribution in [2.24, 2.45) is 5.92 Å². The number of benzene rings is 1. The van der Waals surface area contributed by atoms with Gasteiger partial charge >= 0.3 is 5.97 Å². The van der Waals surface area contributed by atoms with Gasteiger partial charge in [0.15, 0.2) is 0 Å². The molecule has 2 aromatic rings. The summed E-state index contributed by atoms with van der Waals surface area (Å²) < 4.78 is 5.78. The molecule has 6 heteroatoms. The van der Waals surface area contributed by atoms with Crippen LogP contribution in [0.2, 0.25) is 0 Å². The number of aliphatic carboxylic acids is 1. The second-order valence-electron chi connectivity index (χ2n) is 6.28. The molecule has 2 aliphatic rings. The second kappa shape index (κ2) is 5.79. The van der Waals surface area contributed by atoms with Gasteiger partial charge in [-0.2, -0.15) is 5.10 Å². The van der Waals surface area contributed by atoms with E-state index in [9.17, 15) is 9.90 Å².